The summed E-state index contributed by atoms with van der Waals surface area (Å²) in [7, 11) is 0. The highest BCUT2D eigenvalue weighted by Crippen LogP contribution is 2.36. The van der Waals surface area contributed by atoms with Gasteiger partial charge in [0, 0.05) is 17.3 Å². The van der Waals surface area contributed by atoms with Gasteiger partial charge in [-0.3, -0.25) is 0 Å². The van der Waals surface area contributed by atoms with E-state index in [1.165, 1.54) is 12.1 Å². The molecule has 0 radical (unpaired) electrons. The van der Waals surface area contributed by atoms with Crippen LogP contribution in [0.3, 0.4) is 0 Å². The van der Waals surface area contributed by atoms with E-state index in [1.54, 1.807) is 0 Å². The molecule has 0 spiro atoms. The summed E-state index contributed by atoms with van der Waals surface area (Å²) in [5.41, 5.74) is 1.27. The Morgan fingerprint density at radius 1 is 1.10 bits per heavy atom. The second-order valence-electron chi connectivity index (χ2n) is 4.47. The van der Waals surface area contributed by atoms with Crippen LogP contribution in [0.4, 0.5) is 18.9 Å². The highest BCUT2D eigenvalue weighted by Gasteiger charge is 2.33. The monoisotopic (exact) mass is 299 g/mol. The fourth-order valence-electron chi connectivity index (χ4n) is 1.90. The zero-order valence-corrected chi connectivity index (χ0v) is 11.5. The van der Waals surface area contributed by atoms with E-state index in [0.717, 1.165) is 17.2 Å². The lowest BCUT2D eigenvalue weighted by molar-refractivity contribution is -0.136. The van der Waals surface area contributed by atoms with Crippen molar-refractivity contribution in [1.29, 1.82) is 0 Å². The van der Waals surface area contributed by atoms with E-state index >= 15 is 0 Å². The smallest absolute Gasteiger partial charge is 0.380 e. The van der Waals surface area contributed by atoms with Gasteiger partial charge >= 0.3 is 6.18 Å². The molecule has 0 aliphatic heterocycles. The number of anilines is 1. The first-order chi connectivity index (χ1) is 9.38. The van der Waals surface area contributed by atoms with Crippen molar-refractivity contribution >= 4 is 17.3 Å². The Morgan fingerprint density at radius 3 is 2.45 bits per heavy atom. The first-order valence-corrected chi connectivity index (χ1v) is 6.41. The fourth-order valence-corrected chi connectivity index (χ4v) is 2.08. The van der Waals surface area contributed by atoms with Gasteiger partial charge in [0.15, 0.2) is 0 Å². The maximum absolute atomic E-state index is 12.9. The van der Waals surface area contributed by atoms with Crippen molar-refractivity contribution in [3.8, 4) is 0 Å². The lowest BCUT2D eigenvalue weighted by atomic mass is 10.1. The molecule has 0 unspecified atom stereocenters. The maximum atomic E-state index is 12.9. The van der Waals surface area contributed by atoms with Gasteiger partial charge in [0.1, 0.15) is 0 Å². The SMILES string of the molecule is Cc1ccccc1CNc1ccc(Cl)cc1C(F)(F)F. The third kappa shape index (κ3) is 3.45. The van der Waals surface area contributed by atoms with Crippen molar-refractivity contribution in [1.82, 2.24) is 0 Å². The van der Waals surface area contributed by atoms with Crippen LogP contribution in [-0.2, 0) is 12.7 Å². The highest BCUT2D eigenvalue weighted by molar-refractivity contribution is 6.30. The van der Waals surface area contributed by atoms with Crippen molar-refractivity contribution in [2.24, 2.45) is 0 Å². The Kier molecular flexibility index (Phi) is 4.23. The Morgan fingerprint density at radius 2 is 1.80 bits per heavy atom. The predicted molar refractivity (Wildman–Crippen MR) is 75.0 cm³/mol. The van der Waals surface area contributed by atoms with Crippen LogP contribution in [0.2, 0.25) is 5.02 Å². The molecule has 0 heterocycles. The second kappa shape index (κ2) is 5.75. The maximum Gasteiger partial charge on any atom is 0.418 e. The van der Waals surface area contributed by atoms with Gasteiger partial charge in [-0.15, -0.1) is 0 Å². The molecule has 0 amide bonds. The van der Waals surface area contributed by atoms with E-state index < -0.39 is 11.7 Å². The van der Waals surface area contributed by atoms with Crippen LogP contribution in [0.25, 0.3) is 0 Å². The van der Waals surface area contributed by atoms with Crippen LogP contribution in [0, 0.1) is 6.92 Å². The first kappa shape index (κ1) is 14.7. The zero-order valence-electron chi connectivity index (χ0n) is 10.8. The van der Waals surface area contributed by atoms with Gasteiger partial charge in [0.25, 0.3) is 0 Å². The largest absolute Gasteiger partial charge is 0.418 e. The third-order valence-corrected chi connectivity index (χ3v) is 3.25. The van der Waals surface area contributed by atoms with E-state index in [1.807, 2.05) is 31.2 Å². The van der Waals surface area contributed by atoms with Crippen molar-refractivity contribution in [3.63, 3.8) is 0 Å². The molecule has 2 aromatic rings. The number of rotatable bonds is 3. The number of alkyl halides is 3. The van der Waals surface area contributed by atoms with E-state index in [0.29, 0.717) is 6.54 Å². The van der Waals surface area contributed by atoms with Crippen molar-refractivity contribution in [3.05, 3.63) is 64.2 Å². The summed E-state index contributed by atoms with van der Waals surface area (Å²) >= 11 is 5.64. The van der Waals surface area contributed by atoms with Crippen LogP contribution in [0.1, 0.15) is 16.7 Å². The fraction of sp³-hybridized carbons (Fsp3) is 0.200. The van der Waals surface area contributed by atoms with Gasteiger partial charge in [0.05, 0.1) is 5.56 Å². The van der Waals surface area contributed by atoms with Crippen LogP contribution in [0.5, 0.6) is 0 Å². The molecular weight excluding hydrogens is 287 g/mol. The Labute approximate surface area is 120 Å². The summed E-state index contributed by atoms with van der Waals surface area (Å²) in [6, 6.07) is 11.3. The third-order valence-electron chi connectivity index (χ3n) is 3.02. The first-order valence-electron chi connectivity index (χ1n) is 6.03. The van der Waals surface area contributed by atoms with Gasteiger partial charge in [-0.2, -0.15) is 13.2 Å². The van der Waals surface area contributed by atoms with Crippen LogP contribution in [-0.4, -0.2) is 0 Å². The molecule has 5 heteroatoms. The summed E-state index contributed by atoms with van der Waals surface area (Å²) in [6.07, 6.45) is -4.43. The molecule has 0 bridgehead atoms. The van der Waals surface area contributed by atoms with E-state index in [9.17, 15) is 13.2 Å². The average Bonchev–Trinajstić information content (AvgIpc) is 2.38. The topological polar surface area (TPSA) is 12.0 Å². The average molecular weight is 300 g/mol. The molecule has 0 fully saturated rings. The number of hydrogen-bond acceptors (Lipinski definition) is 1. The molecule has 1 nitrogen and oxygen atoms in total. The number of halogens is 4. The van der Waals surface area contributed by atoms with Gasteiger partial charge in [-0.1, -0.05) is 35.9 Å². The Hall–Kier alpha value is -1.68. The van der Waals surface area contributed by atoms with Gasteiger partial charge < -0.3 is 5.32 Å². The molecule has 2 aromatic carbocycles. The molecule has 0 atom stereocenters. The number of benzene rings is 2. The second-order valence-corrected chi connectivity index (χ2v) is 4.90. The molecular formula is C15H13ClF3N. The minimum Gasteiger partial charge on any atom is -0.380 e. The van der Waals surface area contributed by atoms with Crippen molar-refractivity contribution in [2.75, 3.05) is 5.32 Å². The highest BCUT2D eigenvalue weighted by atomic mass is 35.5. The van der Waals surface area contributed by atoms with Crippen molar-refractivity contribution < 1.29 is 13.2 Å². The van der Waals surface area contributed by atoms with Crippen LogP contribution < -0.4 is 5.32 Å². The lowest BCUT2D eigenvalue weighted by Crippen LogP contribution is -2.11. The molecule has 2 rings (SSSR count). The molecule has 20 heavy (non-hydrogen) atoms. The number of nitrogens with one attached hydrogen (secondary N) is 1. The Balaban J connectivity index is 2.24. The summed E-state index contributed by atoms with van der Waals surface area (Å²) in [4.78, 5) is 0. The minimum atomic E-state index is -4.43. The summed E-state index contributed by atoms with van der Waals surface area (Å²) < 4.78 is 38.8. The molecule has 0 saturated heterocycles. The van der Waals surface area contributed by atoms with Crippen LogP contribution in [0.15, 0.2) is 42.5 Å². The van der Waals surface area contributed by atoms with E-state index in [4.69, 9.17) is 11.6 Å². The molecule has 0 saturated carbocycles. The molecule has 1 N–H and O–H groups in total. The normalized spacial score (nSPS) is 11.4. The predicted octanol–water partition coefficient (Wildman–Crippen LogP) is 5.28. The standard InChI is InChI=1S/C15H13ClF3N/c1-10-4-2-3-5-11(10)9-20-14-7-6-12(16)8-13(14)15(17,18)19/h2-8,20H,9H2,1H3. The van der Waals surface area contributed by atoms with Gasteiger partial charge in [-0.05, 0) is 36.2 Å². The van der Waals surface area contributed by atoms with Crippen molar-refractivity contribution in [2.45, 2.75) is 19.6 Å². The quantitative estimate of drug-likeness (QED) is 0.813. The van der Waals surface area contributed by atoms with Gasteiger partial charge in [-0.25, -0.2) is 0 Å². The molecule has 0 aliphatic rings. The number of aryl methyl sites for hydroxylation is 1. The zero-order chi connectivity index (χ0) is 14.8. The minimum absolute atomic E-state index is 0.0325. The van der Waals surface area contributed by atoms with Gasteiger partial charge in [0.2, 0.25) is 0 Å². The van der Waals surface area contributed by atoms with E-state index in [-0.39, 0.29) is 10.7 Å². The lowest BCUT2D eigenvalue weighted by Gasteiger charge is -2.15. The molecule has 0 aromatic heterocycles. The van der Waals surface area contributed by atoms with Crippen LogP contribution >= 0.6 is 11.6 Å². The summed E-state index contributed by atoms with van der Waals surface area (Å²) in [5, 5.41) is 2.89. The molecule has 0 aliphatic carbocycles. The summed E-state index contributed by atoms with van der Waals surface area (Å²) in [6.45, 7) is 2.25. The molecule has 106 valence electrons. The number of hydrogen-bond donors (Lipinski definition) is 1. The van der Waals surface area contributed by atoms with E-state index in [2.05, 4.69) is 5.32 Å². The summed E-state index contributed by atoms with van der Waals surface area (Å²) in [5.74, 6) is 0. The Bertz CT molecular complexity index is 608.